The molecular formula is C20H27FNO7P. The summed E-state index contributed by atoms with van der Waals surface area (Å²) in [4.78, 5) is 17.6. The first-order chi connectivity index (χ1) is 14.1. The number of benzene rings is 2. The van der Waals surface area contributed by atoms with Crippen LogP contribution in [-0.4, -0.2) is 47.4 Å². The summed E-state index contributed by atoms with van der Waals surface area (Å²) in [6.07, 6.45) is 1.29. The molecule has 0 saturated heterocycles. The molecule has 0 fully saturated rings. The van der Waals surface area contributed by atoms with Crippen molar-refractivity contribution in [2.75, 3.05) is 26.9 Å². The van der Waals surface area contributed by atoms with Crippen LogP contribution in [0.2, 0.25) is 0 Å². The molecule has 2 rings (SSSR count). The molecule has 2 aromatic carbocycles. The zero-order valence-corrected chi connectivity index (χ0v) is 17.6. The number of rotatable bonds is 12. The van der Waals surface area contributed by atoms with Gasteiger partial charge in [-0.05, 0) is 48.2 Å². The van der Waals surface area contributed by atoms with E-state index in [1.54, 1.807) is 24.3 Å². The van der Waals surface area contributed by atoms with E-state index < -0.39 is 32.4 Å². The first-order valence-corrected chi connectivity index (χ1v) is 10.8. The minimum absolute atomic E-state index is 0.200. The maximum Gasteiger partial charge on any atom is 0.469 e. The topological polar surface area (TPSA) is 131 Å². The van der Waals surface area contributed by atoms with Gasteiger partial charge in [-0.3, -0.25) is 4.52 Å². The number of halogens is 1. The van der Waals surface area contributed by atoms with Crippen LogP contribution in [0.3, 0.4) is 0 Å². The third-order valence-corrected chi connectivity index (χ3v) is 5.01. The molecule has 8 nitrogen and oxygen atoms in total. The molecule has 30 heavy (non-hydrogen) atoms. The lowest BCUT2D eigenvalue weighted by Crippen LogP contribution is -2.48. The first-order valence-electron chi connectivity index (χ1n) is 9.28. The molecule has 1 atom stereocenters. The highest BCUT2D eigenvalue weighted by Gasteiger charge is 2.28. The largest absolute Gasteiger partial charge is 0.494 e. The van der Waals surface area contributed by atoms with Gasteiger partial charge < -0.3 is 30.1 Å². The van der Waals surface area contributed by atoms with Crippen LogP contribution in [-0.2, 0) is 21.9 Å². The van der Waals surface area contributed by atoms with E-state index in [2.05, 4.69) is 4.52 Å². The Bertz CT molecular complexity index is 859. The van der Waals surface area contributed by atoms with E-state index in [4.69, 9.17) is 25.0 Å². The molecule has 0 aromatic heterocycles. The van der Waals surface area contributed by atoms with E-state index in [1.165, 1.54) is 13.2 Å². The Morgan fingerprint density at radius 3 is 2.33 bits per heavy atom. The van der Waals surface area contributed by atoms with Crippen LogP contribution in [0.25, 0.3) is 0 Å². The number of aliphatic hydroxyl groups excluding tert-OH is 1. The van der Waals surface area contributed by atoms with Crippen LogP contribution in [0.4, 0.5) is 4.39 Å². The number of phosphoric acid groups is 1. The summed E-state index contributed by atoms with van der Waals surface area (Å²) >= 11 is 0. The minimum Gasteiger partial charge on any atom is -0.494 e. The van der Waals surface area contributed by atoms with Gasteiger partial charge in [-0.25, -0.2) is 8.96 Å². The van der Waals surface area contributed by atoms with Crippen LogP contribution in [0.5, 0.6) is 11.5 Å². The predicted octanol–water partition coefficient (Wildman–Crippen LogP) is 2.19. The standard InChI is InChI=1S/C20H27FNO7P/c1-27-19-7-4-16(12-18(19)21)9-11-28-17-5-2-15(3-6-17)8-10-20(22,13-23)14-29-30(24,25)26/h2-7,12,23H,8-11,13-14,22H2,1H3,(H2,24,25,26). The maximum absolute atomic E-state index is 13.7. The number of ether oxygens (including phenoxy) is 2. The van der Waals surface area contributed by atoms with Crippen molar-refractivity contribution in [3.63, 3.8) is 0 Å². The van der Waals surface area contributed by atoms with E-state index >= 15 is 0 Å². The van der Waals surface area contributed by atoms with Gasteiger partial charge in [0, 0.05) is 6.42 Å². The Hall–Kier alpha value is -2.00. The van der Waals surface area contributed by atoms with Crippen molar-refractivity contribution in [1.29, 1.82) is 0 Å². The zero-order valence-electron chi connectivity index (χ0n) is 16.7. The highest BCUT2D eigenvalue weighted by atomic mass is 31.2. The van der Waals surface area contributed by atoms with Crippen molar-refractivity contribution in [3.05, 3.63) is 59.4 Å². The van der Waals surface area contributed by atoms with Crippen LogP contribution in [0, 0.1) is 5.82 Å². The van der Waals surface area contributed by atoms with Crippen molar-refractivity contribution in [3.8, 4) is 11.5 Å². The number of aryl methyl sites for hydroxylation is 1. The molecule has 0 aliphatic heterocycles. The second-order valence-electron chi connectivity index (χ2n) is 7.00. The maximum atomic E-state index is 13.7. The monoisotopic (exact) mass is 443 g/mol. The molecule has 0 aliphatic carbocycles. The molecule has 1 unspecified atom stereocenters. The number of aliphatic hydroxyl groups is 1. The van der Waals surface area contributed by atoms with Crippen molar-refractivity contribution >= 4 is 7.82 Å². The molecule has 0 spiro atoms. The summed E-state index contributed by atoms with van der Waals surface area (Å²) in [5.41, 5.74) is 6.41. The summed E-state index contributed by atoms with van der Waals surface area (Å²) in [6.45, 7) is -0.553. The van der Waals surface area contributed by atoms with Gasteiger partial charge >= 0.3 is 7.82 Å². The normalized spacial score (nSPS) is 13.7. The lowest BCUT2D eigenvalue weighted by Gasteiger charge is -2.27. The fraction of sp³-hybridized carbons (Fsp3) is 0.400. The molecule has 166 valence electrons. The average Bonchev–Trinajstić information content (AvgIpc) is 2.71. The first kappa shape index (κ1) is 24.3. The van der Waals surface area contributed by atoms with E-state index in [1.807, 2.05) is 12.1 Å². The Balaban J connectivity index is 1.81. The Morgan fingerprint density at radius 1 is 1.10 bits per heavy atom. The predicted molar refractivity (Wildman–Crippen MR) is 109 cm³/mol. The second-order valence-corrected chi connectivity index (χ2v) is 8.24. The Morgan fingerprint density at radius 2 is 1.77 bits per heavy atom. The second kappa shape index (κ2) is 10.9. The van der Waals surface area contributed by atoms with E-state index in [9.17, 15) is 14.1 Å². The van der Waals surface area contributed by atoms with E-state index in [-0.39, 0.29) is 12.2 Å². The van der Waals surface area contributed by atoms with Crippen molar-refractivity contribution in [2.24, 2.45) is 5.73 Å². The van der Waals surface area contributed by atoms with Crippen LogP contribution < -0.4 is 15.2 Å². The third-order valence-electron chi connectivity index (χ3n) is 4.55. The SMILES string of the molecule is COc1ccc(CCOc2ccc(CCC(N)(CO)COP(=O)(O)O)cc2)cc1F. The molecule has 0 bridgehead atoms. The van der Waals surface area contributed by atoms with Crippen molar-refractivity contribution in [2.45, 2.75) is 24.8 Å². The quantitative estimate of drug-likeness (QED) is 0.367. The fourth-order valence-corrected chi connectivity index (χ4v) is 3.13. The summed E-state index contributed by atoms with van der Waals surface area (Å²) in [6, 6.07) is 12.0. The molecule has 0 saturated carbocycles. The molecule has 0 aliphatic rings. The molecule has 0 amide bonds. The fourth-order valence-electron chi connectivity index (χ4n) is 2.71. The average molecular weight is 443 g/mol. The van der Waals surface area contributed by atoms with Gasteiger partial charge in [0.05, 0.1) is 32.5 Å². The molecule has 0 radical (unpaired) electrons. The van der Waals surface area contributed by atoms with Gasteiger partial charge in [0.1, 0.15) is 5.75 Å². The number of hydrogen-bond donors (Lipinski definition) is 4. The third kappa shape index (κ3) is 8.02. The summed E-state index contributed by atoms with van der Waals surface area (Å²) in [5.74, 6) is 0.439. The number of nitrogens with two attached hydrogens (primary N) is 1. The highest BCUT2D eigenvalue weighted by Crippen LogP contribution is 2.36. The summed E-state index contributed by atoms with van der Waals surface area (Å²) < 4.78 is 39.5. The molecule has 10 heteroatoms. The van der Waals surface area contributed by atoms with Gasteiger partial charge in [0.2, 0.25) is 0 Å². The smallest absolute Gasteiger partial charge is 0.469 e. The number of hydrogen-bond acceptors (Lipinski definition) is 6. The van der Waals surface area contributed by atoms with Crippen LogP contribution in [0.15, 0.2) is 42.5 Å². The lowest BCUT2D eigenvalue weighted by atomic mass is 9.94. The summed E-state index contributed by atoms with van der Waals surface area (Å²) in [5, 5.41) is 9.43. The lowest BCUT2D eigenvalue weighted by molar-refractivity contribution is 0.102. The van der Waals surface area contributed by atoms with Gasteiger partial charge in [-0.1, -0.05) is 18.2 Å². The zero-order chi connectivity index (χ0) is 22.2. The Labute approximate surface area is 174 Å². The molecule has 2 aromatic rings. The van der Waals surface area contributed by atoms with Gasteiger partial charge in [0.15, 0.2) is 11.6 Å². The number of methoxy groups -OCH3 is 1. The van der Waals surface area contributed by atoms with Crippen LogP contribution in [0.1, 0.15) is 17.5 Å². The van der Waals surface area contributed by atoms with Crippen molar-refractivity contribution in [1.82, 2.24) is 0 Å². The molecular weight excluding hydrogens is 416 g/mol. The highest BCUT2D eigenvalue weighted by molar-refractivity contribution is 7.46. The van der Waals surface area contributed by atoms with Gasteiger partial charge in [-0.15, -0.1) is 0 Å². The summed E-state index contributed by atoms with van der Waals surface area (Å²) in [7, 11) is -3.24. The van der Waals surface area contributed by atoms with Gasteiger partial charge in [-0.2, -0.15) is 0 Å². The van der Waals surface area contributed by atoms with Crippen LogP contribution >= 0.6 is 7.82 Å². The van der Waals surface area contributed by atoms with E-state index in [0.29, 0.717) is 25.2 Å². The molecule has 0 heterocycles. The molecule has 5 N–H and O–H groups in total. The van der Waals surface area contributed by atoms with E-state index in [0.717, 1.165) is 11.1 Å². The van der Waals surface area contributed by atoms with Gasteiger partial charge in [0.25, 0.3) is 0 Å². The Kier molecular flexibility index (Phi) is 8.78. The minimum atomic E-state index is -4.65. The number of phosphoric ester groups is 1. The van der Waals surface area contributed by atoms with Crippen molar-refractivity contribution < 1.29 is 37.8 Å².